The van der Waals surface area contributed by atoms with Gasteiger partial charge in [-0.15, -0.1) is 20.4 Å². The maximum Gasteiger partial charge on any atom is 0.224 e. The molecule has 1 aliphatic carbocycles. The number of nitrogens with zero attached hydrogens (tertiary/aromatic N) is 6. The molecule has 32 heavy (non-hydrogen) atoms. The zero-order chi connectivity index (χ0) is 22.2. The summed E-state index contributed by atoms with van der Waals surface area (Å²) in [6.07, 6.45) is 7.08. The molecule has 0 radical (unpaired) electrons. The molecule has 4 heterocycles. The van der Waals surface area contributed by atoms with Gasteiger partial charge in [-0.3, -0.25) is 9.59 Å². The molecule has 2 amide bonds. The fraction of sp³-hybridized carbons (Fsp3) is 0.727. The number of carbonyl (C=O) groups excluding carboxylic acids is 2. The zero-order valence-electron chi connectivity index (χ0n) is 18.9. The highest BCUT2D eigenvalue weighted by molar-refractivity contribution is 5.88. The lowest BCUT2D eigenvalue weighted by Gasteiger charge is -2.33. The van der Waals surface area contributed by atoms with E-state index in [1.54, 1.807) is 0 Å². The smallest absolute Gasteiger partial charge is 0.224 e. The van der Waals surface area contributed by atoms with Crippen molar-refractivity contribution in [3.8, 4) is 0 Å². The second kappa shape index (κ2) is 8.63. The van der Waals surface area contributed by atoms with Gasteiger partial charge in [-0.05, 0) is 52.4 Å². The lowest BCUT2D eigenvalue weighted by Crippen LogP contribution is -2.46. The second-order valence-electron chi connectivity index (χ2n) is 9.42. The Hall–Kier alpha value is -2.78. The number of aryl methyl sites for hydroxylation is 2. The van der Waals surface area contributed by atoms with E-state index in [0.717, 1.165) is 87.8 Å². The highest BCUT2D eigenvalue weighted by Gasteiger charge is 2.39. The van der Waals surface area contributed by atoms with Crippen molar-refractivity contribution >= 4 is 11.8 Å². The van der Waals surface area contributed by atoms with E-state index in [-0.39, 0.29) is 35.7 Å². The Morgan fingerprint density at radius 2 is 1.12 bits per heavy atom. The van der Waals surface area contributed by atoms with Gasteiger partial charge in [-0.25, -0.2) is 0 Å². The summed E-state index contributed by atoms with van der Waals surface area (Å²) in [7, 11) is 0. The van der Waals surface area contributed by atoms with Crippen LogP contribution in [-0.2, 0) is 22.7 Å². The fourth-order valence-electron chi connectivity index (χ4n) is 5.62. The highest BCUT2D eigenvalue weighted by atomic mass is 16.2. The Bertz CT molecular complexity index is 931. The van der Waals surface area contributed by atoms with Gasteiger partial charge in [0.25, 0.3) is 0 Å². The minimum atomic E-state index is -0.314. The molecule has 0 bridgehead atoms. The first-order chi connectivity index (χ1) is 15.5. The number of rotatable bonds is 4. The van der Waals surface area contributed by atoms with E-state index in [9.17, 15) is 9.59 Å². The van der Waals surface area contributed by atoms with Crippen LogP contribution < -0.4 is 10.6 Å². The third kappa shape index (κ3) is 3.80. The molecule has 0 aromatic carbocycles. The predicted octanol–water partition coefficient (Wildman–Crippen LogP) is 1.90. The summed E-state index contributed by atoms with van der Waals surface area (Å²) in [4.78, 5) is 26.6. The molecule has 2 aromatic rings. The molecule has 172 valence electrons. The van der Waals surface area contributed by atoms with Crippen molar-refractivity contribution < 1.29 is 9.59 Å². The summed E-state index contributed by atoms with van der Waals surface area (Å²) in [6.45, 7) is 5.66. The Kier molecular flexibility index (Phi) is 5.69. The van der Waals surface area contributed by atoms with Crippen LogP contribution in [0, 0.1) is 25.7 Å². The van der Waals surface area contributed by atoms with Crippen molar-refractivity contribution in [2.45, 2.75) is 90.4 Å². The summed E-state index contributed by atoms with van der Waals surface area (Å²) in [5.41, 5.74) is 0. The van der Waals surface area contributed by atoms with Crippen molar-refractivity contribution in [2.75, 3.05) is 0 Å². The summed E-state index contributed by atoms with van der Waals surface area (Å²) in [5.74, 6) is 2.72. The molecule has 2 aromatic heterocycles. The van der Waals surface area contributed by atoms with E-state index >= 15 is 0 Å². The SMILES string of the molecule is Cc1nnc2n1CCCC2NC(=O)[C@@H]1CCCC[C@H]1C(=O)NC1CCCn2c(C)nnc21. The molecule has 0 spiro atoms. The summed E-state index contributed by atoms with van der Waals surface area (Å²) >= 11 is 0. The second-order valence-corrected chi connectivity index (χ2v) is 9.42. The number of aromatic nitrogens is 6. The van der Waals surface area contributed by atoms with Gasteiger partial charge >= 0.3 is 0 Å². The van der Waals surface area contributed by atoms with E-state index in [4.69, 9.17) is 0 Å². The van der Waals surface area contributed by atoms with E-state index in [2.05, 4.69) is 40.2 Å². The predicted molar refractivity (Wildman–Crippen MR) is 115 cm³/mol. The van der Waals surface area contributed by atoms with Crippen LogP contribution in [0.25, 0.3) is 0 Å². The minimum Gasteiger partial charge on any atom is -0.346 e. The van der Waals surface area contributed by atoms with Crippen LogP contribution in [0.1, 0.15) is 86.7 Å². The zero-order valence-corrected chi connectivity index (χ0v) is 18.9. The minimum absolute atomic E-state index is 0.0355. The highest BCUT2D eigenvalue weighted by Crippen LogP contribution is 2.33. The number of fused-ring (bicyclic) bond motifs is 2. The van der Waals surface area contributed by atoms with Gasteiger partial charge in [-0.1, -0.05) is 12.8 Å². The number of hydrogen-bond donors (Lipinski definition) is 2. The molecule has 2 aliphatic heterocycles. The molecule has 2 unspecified atom stereocenters. The van der Waals surface area contributed by atoms with Gasteiger partial charge in [0.05, 0.1) is 12.1 Å². The van der Waals surface area contributed by atoms with Crippen molar-refractivity contribution in [1.82, 2.24) is 40.2 Å². The average molecular weight is 441 g/mol. The first-order valence-electron chi connectivity index (χ1n) is 11.9. The molecular weight excluding hydrogens is 408 g/mol. The van der Waals surface area contributed by atoms with E-state index in [1.807, 2.05) is 13.8 Å². The molecular formula is C22H32N8O2. The van der Waals surface area contributed by atoms with Gasteiger partial charge in [0.15, 0.2) is 11.6 Å². The van der Waals surface area contributed by atoms with Gasteiger partial charge < -0.3 is 19.8 Å². The van der Waals surface area contributed by atoms with Gasteiger partial charge in [0.2, 0.25) is 11.8 Å². The Morgan fingerprint density at radius 3 is 1.56 bits per heavy atom. The molecule has 10 heteroatoms. The Labute approximate surface area is 187 Å². The topological polar surface area (TPSA) is 120 Å². The third-order valence-corrected chi connectivity index (χ3v) is 7.37. The summed E-state index contributed by atoms with van der Waals surface area (Å²) < 4.78 is 4.17. The number of hydrogen-bond acceptors (Lipinski definition) is 6. The van der Waals surface area contributed by atoms with Crippen LogP contribution in [0.2, 0.25) is 0 Å². The molecule has 3 aliphatic rings. The first-order valence-corrected chi connectivity index (χ1v) is 11.9. The lowest BCUT2D eigenvalue weighted by atomic mass is 9.77. The maximum atomic E-state index is 13.3. The third-order valence-electron chi connectivity index (χ3n) is 7.37. The standard InChI is InChI=1S/C22H32N8O2/c1-13-25-27-19-17(9-5-11-29(13)19)23-21(31)15-7-3-4-8-16(15)22(32)24-18-10-6-12-30-14(2)26-28-20(18)30/h15-18H,3-12H2,1-2H3,(H,23,31)(H,24,32)/t15-,16-,17?,18?/m1/s1. The van der Waals surface area contributed by atoms with Crippen LogP contribution in [0.5, 0.6) is 0 Å². The van der Waals surface area contributed by atoms with Crippen LogP contribution in [-0.4, -0.2) is 41.3 Å². The lowest BCUT2D eigenvalue weighted by molar-refractivity contribution is -0.137. The van der Waals surface area contributed by atoms with Crippen LogP contribution in [0.3, 0.4) is 0 Å². The number of nitrogens with one attached hydrogen (secondary N) is 2. The van der Waals surface area contributed by atoms with Crippen molar-refractivity contribution in [3.63, 3.8) is 0 Å². The molecule has 4 atom stereocenters. The average Bonchev–Trinajstić information content (AvgIpc) is 3.38. The summed E-state index contributed by atoms with van der Waals surface area (Å²) in [6, 6.07) is -0.272. The fourth-order valence-corrected chi connectivity index (χ4v) is 5.62. The van der Waals surface area contributed by atoms with Crippen molar-refractivity contribution in [3.05, 3.63) is 23.3 Å². The van der Waals surface area contributed by atoms with Gasteiger partial charge in [0, 0.05) is 24.9 Å². The quantitative estimate of drug-likeness (QED) is 0.749. The Balaban J connectivity index is 1.28. The molecule has 1 fully saturated rings. The molecule has 0 saturated heterocycles. The van der Waals surface area contributed by atoms with Crippen LogP contribution >= 0.6 is 0 Å². The normalized spacial score (nSPS) is 27.3. The molecule has 2 N–H and O–H groups in total. The monoisotopic (exact) mass is 440 g/mol. The molecule has 1 saturated carbocycles. The van der Waals surface area contributed by atoms with E-state index < -0.39 is 0 Å². The van der Waals surface area contributed by atoms with Crippen LogP contribution in [0.4, 0.5) is 0 Å². The van der Waals surface area contributed by atoms with E-state index in [1.165, 1.54) is 0 Å². The van der Waals surface area contributed by atoms with Crippen molar-refractivity contribution in [1.29, 1.82) is 0 Å². The molecule has 10 nitrogen and oxygen atoms in total. The Morgan fingerprint density at radius 1 is 0.688 bits per heavy atom. The number of amides is 2. The largest absolute Gasteiger partial charge is 0.346 e. The van der Waals surface area contributed by atoms with Gasteiger partial charge in [0.1, 0.15) is 11.6 Å². The van der Waals surface area contributed by atoms with Gasteiger partial charge in [-0.2, -0.15) is 0 Å². The van der Waals surface area contributed by atoms with Crippen LogP contribution in [0.15, 0.2) is 0 Å². The maximum absolute atomic E-state index is 13.3. The van der Waals surface area contributed by atoms with Crippen molar-refractivity contribution in [2.24, 2.45) is 11.8 Å². The van der Waals surface area contributed by atoms with E-state index in [0.29, 0.717) is 0 Å². The first kappa shape index (κ1) is 21.1. The summed E-state index contributed by atoms with van der Waals surface area (Å²) in [5, 5.41) is 23.3. The number of carbonyl (C=O) groups is 2. The molecule has 5 rings (SSSR count).